The smallest absolute Gasteiger partial charge is 0.104 e. The lowest BCUT2D eigenvalue weighted by molar-refractivity contribution is 0.236. The Morgan fingerprint density at radius 1 is 1.22 bits per heavy atom. The SMILES string of the molecule is C[C@H]1C[C@H](CO)CN1c1cc(-c2ccc3c(c2)N=C/C(=C\C2CCCCC2)C3)c2nc[nH]c2c1C#N. The molecule has 0 amide bonds. The lowest BCUT2D eigenvalue weighted by Gasteiger charge is -2.26. The molecule has 6 rings (SSSR count). The number of aliphatic hydroxyl groups excluding tert-OH is 1. The van der Waals surface area contributed by atoms with Crippen LogP contribution in [0.15, 0.2) is 47.2 Å². The molecule has 1 aromatic heterocycles. The molecule has 0 unspecified atom stereocenters. The zero-order chi connectivity index (χ0) is 24.6. The Balaban J connectivity index is 1.38. The van der Waals surface area contributed by atoms with E-state index in [-0.39, 0.29) is 18.6 Å². The molecule has 2 N–H and O–H groups in total. The Bertz CT molecular complexity index is 1390. The minimum absolute atomic E-state index is 0.169. The number of allylic oxidation sites excluding steroid dienone is 2. The quantitative estimate of drug-likeness (QED) is 0.475. The summed E-state index contributed by atoms with van der Waals surface area (Å²) in [6, 6.07) is 11.3. The summed E-state index contributed by atoms with van der Waals surface area (Å²) in [5.41, 5.74) is 8.76. The lowest BCUT2D eigenvalue weighted by atomic mass is 9.86. The number of aliphatic imine (C=N–C) groups is 1. The number of hydrogen-bond donors (Lipinski definition) is 2. The Morgan fingerprint density at radius 2 is 2.08 bits per heavy atom. The van der Waals surface area contributed by atoms with Crippen molar-refractivity contribution in [3.63, 3.8) is 0 Å². The number of aliphatic hydroxyl groups is 1. The van der Waals surface area contributed by atoms with Gasteiger partial charge in [-0.1, -0.05) is 37.5 Å². The van der Waals surface area contributed by atoms with Crippen LogP contribution < -0.4 is 4.90 Å². The minimum Gasteiger partial charge on any atom is -0.396 e. The van der Waals surface area contributed by atoms with Crippen LogP contribution in [-0.2, 0) is 6.42 Å². The number of imidazole rings is 1. The maximum absolute atomic E-state index is 10.1. The summed E-state index contributed by atoms with van der Waals surface area (Å²) in [6.45, 7) is 3.08. The molecule has 2 aliphatic heterocycles. The van der Waals surface area contributed by atoms with E-state index in [2.05, 4.69) is 64.4 Å². The fourth-order valence-electron chi connectivity index (χ4n) is 6.39. The monoisotopic (exact) mass is 479 g/mol. The second-order valence-electron chi connectivity index (χ2n) is 10.8. The van der Waals surface area contributed by atoms with Crippen LogP contribution in [0.1, 0.15) is 56.6 Å². The summed E-state index contributed by atoms with van der Waals surface area (Å²) in [7, 11) is 0. The van der Waals surface area contributed by atoms with Gasteiger partial charge in [0.15, 0.2) is 0 Å². The molecule has 2 aromatic carbocycles. The molecule has 36 heavy (non-hydrogen) atoms. The first-order valence-corrected chi connectivity index (χ1v) is 13.3. The average Bonchev–Trinajstić information content (AvgIpc) is 3.55. The summed E-state index contributed by atoms with van der Waals surface area (Å²) in [6.07, 6.45) is 14.7. The molecule has 3 heterocycles. The van der Waals surface area contributed by atoms with Crippen molar-refractivity contribution in [1.82, 2.24) is 9.97 Å². The Labute approximate surface area is 212 Å². The maximum Gasteiger partial charge on any atom is 0.104 e. The standard InChI is InChI=1S/C30H33N5O/c1-19-9-22(17-36)16-35(19)28-13-25(29-30(26(28)14-31)34-18-33-29)23-7-8-24-11-21(15-32-27(24)12-23)10-20-5-3-2-4-6-20/h7-8,10,12-13,15,18-20,22,36H,2-6,9,11,16-17H2,1H3,(H,33,34)/b21-10-/t19-,22-/m0/s1. The molecule has 184 valence electrons. The number of fused-ring (bicyclic) bond motifs is 2. The van der Waals surface area contributed by atoms with Gasteiger partial charge in [-0.2, -0.15) is 5.26 Å². The van der Waals surface area contributed by atoms with E-state index in [1.807, 2.05) is 0 Å². The van der Waals surface area contributed by atoms with E-state index in [1.165, 1.54) is 43.2 Å². The normalized spacial score (nSPS) is 23.4. The van der Waals surface area contributed by atoms with Gasteiger partial charge in [0, 0.05) is 43.3 Å². The Morgan fingerprint density at radius 3 is 2.86 bits per heavy atom. The highest BCUT2D eigenvalue weighted by Gasteiger charge is 2.31. The summed E-state index contributed by atoms with van der Waals surface area (Å²) in [5, 5.41) is 19.8. The first kappa shape index (κ1) is 23.0. The number of benzene rings is 2. The van der Waals surface area contributed by atoms with Crippen LogP contribution in [0.4, 0.5) is 11.4 Å². The highest BCUT2D eigenvalue weighted by Crippen LogP contribution is 2.41. The minimum atomic E-state index is 0.169. The first-order chi connectivity index (χ1) is 17.6. The van der Waals surface area contributed by atoms with Crippen LogP contribution in [0.5, 0.6) is 0 Å². The van der Waals surface area contributed by atoms with Gasteiger partial charge in [-0.15, -0.1) is 0 Å². The van der Waals surface area contributed by atoms with Crippen LogP contribution in [-0.4, -0.2) is 40.5 Å². The van der Waals surface area contributed by atoms with Crippen LogP contribution in [0.3, 0.4) is 0 Å². The number of rotatable bonds is 4. The van der Waals surface area contributed by atoms with Crippen molar-refractivity contribution in [2.45, 2.75) is 57.9 Å². The van der Waals surface area contributed by atoms with Gasteiger partial charge in [0.25, 0.3) is 0 Å². The fourth-order valence-corrected chi connectivity index (χ4v) is 6.39. The third-order valence-corrected chi connectivity index (χ3v) is 8.28. The largest absolute Gasteiger partial charge is 0.396 e. The van der Waals surface area contributed by atoms with Crippen molar-refractivity contribution in [3.05, 3.63) is 53.4 Å². The summed E-state index contributed by atoms with van der Waals surface area (Å²) >= 11 is 0. The second kappa shape index (κ2) is 9.55. The summed E-state index contributed by atoms with van der Waals surface area (Å²) in [4.78, 5) is 14.9. The average molecular weight is 480 g/mol. The zero-order valence-electron chi connectivity index (χ0n) is 20.9. The number of aromatic amines is 1. The molecule has 6 nitrogen and oxygen atoms in total. The third-order valence-electron chi connectivity index (χ3n) is 8.28. The highest BCUT2D eigenvalue weighted by atomic mass is 16.3. The molecule has 1 saturated carbocycles. The van der Waals surface area contributed by atoms with Crippen molar-refractivity contribution in [2.75, 3.05) is 18.1 Å². The topological polar surface area (TPSA) is 88.3 Å². The summed E-state index contributed by atoms with van der Waals surface area (Å²) < 4.78 is 0. The Kier molecular flexibility index (Phi) is 6.10. The number of aromatic nitrogens is 2. The van der Waals surface area contributed by atoms with E-state index in [9.17, 15) is 10.4 Å². The number of nitriles is 1. The number of H-pyrrole nitrogens is 1. The van der Waals surface area contributed by atoms with Crippen LogP contribution in [0.2, 0.25) is 0 Å². The molecule has 0 bridgehead atoms. The number of nitrogens with zero attached hydrogens (tertiary/aromatic N) is 4. The molecule has 3 aliphatic rings. The third kappa shape index (κ3) is 4.12. The second-order valence-corrected chi connectivity index (χ2v) is 10.8. The maximum atomic E-state index is 10.1. The van der Waals surface area contributed by atoms with Crippen molar-refractivity contribution in [3.8, 4) is 17.2 Å². The van der Waals surface area contributed by atoms with Crippen molar-refractivity contribution in [2.24, 2.45) is 16.8 Å². The molecular formula is C30H33N5O. The van der Waals surface area contributed by atoms with E-state index in [1.54, 1.807) is 6.33 Å². The molecule has 2 fully saturated rings. The van der Waals surface area contributed by atoms with Gasteiger partial charge in [-0.25, -0.2) is 4.98 Å². The molecule has 0 spiro atoms. The van der Waals surface area contributed by atoms with Gasteiger partial charge < -0.3 is 15.0 Å². The van der Waals surface area contributed by atoms with Crippen LogP contribution >= 0.6 is 0 Å². The van der Waals surface area contributed by atoms with Gasteiger partial charge in [-0.3, -0.25) is 4.99 Å². The predicted molar refractivity (Wildman–Crippen MR) is 145 cm³/mol. The zero-order valence-corrected chi connectivity index (χ0v) is 20.9. The molecule has 3 aromatic rings. The molecule has 0 radical (unpaired) electrons. The van der Waals surface area contributed by atoms with Crippen molar-refractivity contribution < 1.29 is 5.11 Å². The van der Waals surface area contributed by atoms with Crippen molar-refractivity contribution >= 4 is 28.6 Å². The van der Waals surface area contributed by atoms with Crippen molar-refractivity contribution in [1.29, 1.82) is 5.26 Å². The fraction of sp³-hybridized carbons (Fsp3) is 0.433. The van der Waals surface area contributed by atoms with Gasteiger partial charge in [0.05, 0.1) is 28.7 Å². The molecule has 6 heteroatoms. The van der Waals surface area contributed by atoms with Gasteiger partial charge in [-0.05, 0) is 60.9 Å². The molecule has 1 aliphatic carbocycles. The highest BCUT2D eigenvalue weighted by molar-refractivity contribution is 6.00. The van der Waals surface area contributed by atoms with E-state index in [4.69, 9.17) is 4.99 Å². The first-order valence-electron chi connectivity index (χ1n) is 13.3. The molecule has 2 atom stereocenters. The van der Waals surface area contributed by atoms with Gasteiger partial charge in [0.1, 0.15) is 11.6 Å². The van der Waals surface area contributed by atoms with E-state index >= 15 is 0 Å². The molecule has 1 saturated heterocycles. The molecular weight excluding hydrogens is 446 g/mol. The number of hydrogen-bond acceptors (Lipinski definition) is 5. The lowest BCUT2D eigenvalue weighted by Crippen LogP contribution is -2.28. The summed E-state index contributed by atoms with van der Waals surface area (Å²) in [5.74, 6) is 0.922. The predicted octanol–water partition coefficient (Wildman–Crippen LogP) is 6.07. The van der Waals surface area contributed by atoms with Crippen LogP contribution in [0, 0.1) is 23.2 Å². The van der Waals surface area contributed by atoms with E-state index in [0.717, 1.165) is 52.9 Å². The van der Waals surface area contributed by atoms with Gasteiger partial charge in [0.2, 0.25) is 0 Å². The number of nitrogens with one attached hydrogen (secondary N) is 1. The van der Waals surface area contributed by atoms with E-state index < -0.39 is 0 Å². The van der Waals surface area contributed by atoms with Gasteiger partial charge >= 0.3 is 0 Å². The van der Waals surface area contributed by atoms with Crippen LogP contribution in [0.25, 0.3) is 22.2 Å². The van der Waals surface area contributed by atoms with E-state index in [0.29, 0.717) is 11.5 Å². The number of anilines is 1. The Hall–Kier alpha value is -3.43.